The van der Waals surface area contributed by atoms with Crippen LogP contribution < -0.4 is 0 Å². The average Bonchev–Trinajstić information content (AvgIpc) is 3.23. The van der Waals surface area contributed by atoms with Crippen LogP contribution in [0.3, 0.4) is 0 Å². The Hall–Kier alpha value is -0.750. The van der Waals surface area contributed by atoms with Gasteiger partial charge in [0.1, 0.15) is 6.04 Å². The number of carbonyl (C=O) groups excluding carboxylic acids is 2. The maximum atomic E-state index is 13.0. The van der Waals surface area contributed by atoms with Crippen molar-refractivity contribution in [2.75, 3.05) is 31.3 Å². The van der Waals surface area contributed by atoms with Crippen LogP contribution in [0.4, 0.5) is 0 Å². The third kappa shape index (κ3) is 2.87. The number of amides is 2. The van der Waals surface area contributed by atoms with E-state index in [2.05, 4.69) is 16.7 Å². The summed E-state index contributed by atoms with van der Waals surface area (Å²) in [5.41, 5.74) is 0. The van der Waals surface area contributed by atoms with Gasteiger partial charge in [-0.1, -0.05) is 6.92 Å². The summed E-state index contributed by atoms with van der Waals surface area (Å²) >= 11 is 1.69. The molecule has 0 aromatic carbocycles. The minimum atomic E-state index is -0.237. The fourth-order valence-corrected chi connectivity index (χ4v) is 5.51. The minimum absolute atomic E-state index is 0.0233. The highest BCUT2D eigenvalue weighted by Gasteiger charge is 2.43. The molecule has 0 aromatic heterocycles. The van der Waals surface area contributed by atoms with Crippen molar-refractivity contribution in [1.29, 1.82) is 0 Å². The second-order valence-electron chi connectivity index (χ2n) is 6.58. The fraction of sp³-hybridized carbons (Fsp3) is 0.875. The zero-order valence-corrected chi connectivity index (χ0v) is 14.5. The number of likely N-dealkylation sites (tertiary alicyclic amines) is 2. The predicted molar refractivity (Wildman–Crippen MR) is 88.6 cm³/mol. The van der Waals surface area contributed by atoms with Crippen molar-refractivity contribution >= 4 is 23.6 Å². The average molecular weight is 325 g/mol. The summed E-state index contributed by atoms with van der Waals surface area (Å²) < 4.78 is 0. The van der Waals surface area contributed by atoms with Crippen molar-refractivity contribution in [2.24, 2.45) is 0 Å². The van der Waals surface area contributed by atoms with Crippen LogP contribution in [-0.4, -0.2) is 75.9 Å². The topological polar surface area (TPSA) is 43.9 Å². The maximum Gasteiger partial charge on any atom is 0.246 e. The van der Waals surface area contributed by atoms with Gasteiger partial charge in [0.05, 0.1) is 5.88 Å². The molecular formula is C16H27N3O2S. The Balaban J connectivity index is 1.72. The van der Waals surface area contributed by atoms with Gasteiger partial charge in [0.2, 0.25) is 11.8 Å². The van der Waals surface area contributed by atoms with Crippen LogP contribution in [-0.2, 0) is 9.59 Å². The van der Waals surface area contributed by atoms with E-state index < -0.39 is 0 Å². The van der Waals surface area contributed by atoms with Crippen molar-refractivity contribution in [3.8, 4) is 0 Å². The lowest BCUT2D eigenvalue weighted by atomic mass is 10.0. The van der Waals surface area contributed by atoms with Gasteiger partial charge >= 0.3 is 0 Å². The molecule has 3 aliphatic rings. The number of nitrogens with zero attached hydrogens (tertiary/aromatic N) is 3. The molecule has 2 amide bonds. The Morgan fingerprint density at radius 1 is 1.09 bits per heavy atom. The van der Waals surface area contributed by atoms with Gasteiger partial charge < -0.3 is 9.80 Å². The molecule has 0 unspecified atom stereocenters. The third-order valence-electron chi connectivity index (χ3n) is 5.42. The standard InChI is InChI=1S/C16H27N3O2S/c1-3-17-8-4-6-13(17)14-7-5-9-18(14)16(21)15-10-22-11-19(15)12(2)20/h13-15H,3-11H2,1-2H3/t13-,14-,15-/m1/s1. The number of hydrogen-bond acceptors (Lipinski definition) is 4. The van der Waals surface area contributed by atoms with E-state index in [1.54, 1.807) is 23.6 Å². The van der Waals surface area contributed by atoms with Gasteiger partial charge in [0, 0.05) is 31.3 Å². The van der Waals surface area contributed by atoms with E-state index in [0.29, 0.717) is 18.0 Å². The summed E-state index contributed by atoms with van der Waals surface area (Å²) in [6, 6.07) is 0.644. The number of carbonyl (C=O) groups is 2. The maximum absolute atomic E-state index is 13.0. The highest BCUT2D eigenvalue weighted by atomic mass is 32.2. The van der Waals surface area contributed by atoms with E-state index >= 15 is 0 Å². The lowest BCUT2D eigenvalue weighted by Gasteiger charge is -2.36. The second kappa shape index (κ2) is 6.79. The molecule has 0 saturated carbocycles. The van der Waals surface area contributed by atoms with E-state index in [-0.39, 0.29) is 17.9 Å². The molecule has 3 rings (SSSR count). The van der Waals surface area contributed by atoms with Crippen LogP contribution >= 0.6 is 11.8 Å². The molecule has 5 nitrogen and oxygen atoms in total. The first-order chi connectivity index (χ1) is 10.6. The Morgan fingerprint density at radius 2 is 1.82 bits per heavy atom. The van der Waals surface area contributed by atoms with Gasteiger partial charge in [-0.2, -0.15) is 0 Å². The van der Waals surface area contributed by atoms with Crippen molar-refractivity contribution < 1.29 is 9.59 Å². The molecule has 0 aromatic rings. The summed E-state index contributed by atoms with van der Waals surface area (Å²) in [6.45, 7) is 6.89. The summed E-state index contributed by atoms with van der Waals surface area (Å²) in [6.07, 6.45) is 4.67. The molecule has 0 aliphatic carbocycles. The Morgan fingerprint density at radius 3 is 2.55 bits per heavy atom. The molecule has 6 heteroatoms. The Labute approximate surface area is 137 Å². The van der Waals surface area contributed by atoms with E-state index in [1.807, 2.05) is 0 Å². The van der Waals surface area contributed by atoms with Crippen LogP contribution in [0, 0.1) is 0 Å². The normalized spacial score (nSPS) is 32.9. The van der Waals surface area contributed by atoms with E-state index in [1.165, 1.54) is 19.4 Å². The highest BCUT2D eigenvalue weighted by molar-refractivity contribution is 7.99. The van der Waals surface area contributed by atoms with Crippen LogP contribution in [0.5, 0.6) is 0 Å². The first-order valence-electron chi connectivity index (χ1n) is 8.53. The molecule has 3 fully saturated rings. The third-order valence-corrected chi connectivity index (χ3v) is 6.43. The first-order valence-corrected chi connectivity index (χ1v) is 9.68. The summed E-state index contributed by atoms with van der Waals surface area (Å²) in [4.78, 5) is 31.1. The smallest absolute Gasteiger partial charge is 0.246 e. The van der Waals surface area contributed by atoms with E-state index in [9.17, 15) is 9.59 Å². The summed E-state index contributed by atoms with van der Waals surface area (Å²) in [7, 11) is 0. The number of thioether (sulfide) groups is 1. The Kier molecular flexibility index (Phi) is 4.97. The minimum Gasteiger partial charge on any atom is -0.336 e. The van der Waals surface area contributed by atoms with E-state index in [0.717, 1.165) is 31.7 Å². The van der Waals surface area contributed by atoms with Gasteiger partial charge in [-0.15, -0.1) is 11.8 Å². The quantitative estimate of drug-likeness (QED) is 0.786. The molecule has 22 heavy (non-hydrogen) atoms. The largest absolute Gasteiger partial charge is 0.336 e. The fourth-order valence-electron chi connectivity index (χ4n) is 4.30. The predicted octanol–water partition coefficient (Wildman–Crippen LogP) is 1.38. The molecule has 0 N–H and O–H groups in total. The molecular weight excluding hydrogens is 298 g/mol. The van der Waals surface area contributed by atoms with Crippen LogP contribution in [0.2, 0.25) is 0 Å². The monoisotopic (exact) mass is 325 g/mol. The SMILES string of the molecule is CCN1CCC[C@@H]1[C@H]1CCCN1C(=O)[C@H]1CSCN1C(C)=O. The van der Waals surface area contributed by atoms with Crippen molar-refractivity contribution in [1.82, 2.24) is 14.7 Å². The van der Waals surface area contributed by atoms with Gasteiger partial charge in [-0.3, -0.25) is 14.5 Å². The number of hydrogen-bond donors (Lipinski definition) is 0. The second-order valence-corrected chi connectivity index (χ2v) is 7.58. The van der Waals surface area contributed by atoms with Crippen molar-refractivity contribution in [3.05, 3.63) is 0 Å². The van der Waals surface area contributed by atoms with Crippen LogP contribution in [0.25, 0.3) is 0 Å². The van der Waals surface area contributed by atoms with Crippen LogP contribution in [0.15, 0.2) is 0 Å². The molecule has 3 saturated heterocycles. The molecule has 3 heterocycles. The van der Waals surface area contributed by atoms with Gasteiger partial charge in [0.25, 0.3) is 0 Å². The van der Waals surface area contributed by atoms with Crippen LogP contribution in [0.1, 0.15) is 39.5 Å². The molecule has 0 bridgehead atoms. The van der Waals surface area contributed by atoms with Gasteiger partial charge in [-0.05, 0) is 38.8 Å². The highest BCUT2D eigenvalue weighted by Crippen LogP contribution is 2.32. The first kappa shape index (κ1) is 16.1. The van der Waals surface area contributed by atoms with Gasteiger partial charge in [-0.25, -0.2) is 0 Å². The zero-order chi connectivity index (χ0) is 15.7. The summed E-state index contributed by atoms with van der Waals surface area (Å²) in [5.74, 6) is 1.62. The number of likely N-dealkylation sites (N-methyl/N-ethyl adjacent to an activating group) is 1. The summed E-state index contributed by atoms with van der Waals surface area (Å²) in [5, 5.41) is 0. The molecule has 0 spiro atoms. The van der Waals surface area contributed by atoms with Crippen molar-refractivity contribution in [2.45, 2.75) is 57.7 Å². The van der Waals surface area contributed by atoms with Gasteiger partial charge in [0.15, 0.2) is 0 Å². The molecule has 0 radical (unpaired) electrons. The Bertz CT molecular complexity index is 445. The van der Waals surface area contributed by atoms with E-state index in [4.69, 9.17) is 0 Å². The number of rotatable bonds is 3. The van der Waals surface area contributed by atoms with Crippen molar-refractivity contribution in [3.63, 3.8) is 0 Å². The lowest BCUT2D eigenvalue weighted by Crippen LogP contribution is -2.54. The molecule has 124 valence electrons. The lowest BCUT2D eigenvalue weighted by molar-refractivity contribution is -0.143. The molecule has 3 atom stereocenters. The zero-order valence-electron chi connectivity index (χ0n) is 13.7. The molecule has 3 aliphatic heterocycles.